The number of carbonyl (C=O) groups excluding carboxylic acids is 1. The summed E-state index contributed by atoms with van der Waals surface area (Å²) in [7, 11) is 0. The van der Waals surface area contributed by atoms with Crippen molar-refractivity contribution in [3.05, 3.63) is 36.5 Å². The van der Waals surface area contributed by atoms with E-state index in [0.29, 0.717) is 12.8 Å². The molecule has 4 unspecified atom stereocenters. The summed E-state index contributed by atoms with van der Waals surface area (Å²) in [5.41, 5.74) is 0. The minimum Gasteiger partial charge on any atom is -0.394 e. The highest BCUT2D eigenvalue weighted by Gasteiger charge is 2.28. The first-order valence-electron chi connectivity index (χ1n) is 25.9. The van der Waals surface area contributed by atoms with Crippen LogP contribution in [0.2, 0.25) is 0 Å². The molecule has 6 heteroatoms. The fraction of sp³-hybridized carbons (Fsp3) is 0.868. The standard InChI is InChI=1S/C53H101NO5/c1-3-5-7-9-11-13-15-17-19-21-22-23-24-25-26-27-28-29-30-31-33-34-36-38-40-42-44-46-50(56)52(58)49(48-55)54-53(59)51(57)47-45-43-41-39-37-35-32-20-18-16-14-12-10-8-6-4-2/h12,14,18,20,38,40,49-52,55-58H,3-11,13,15-17,19,21-37,39,41-48H2,1-2H3,(H,54,59)/b14-12-,20-18-,40-38+. The van der Waals surface area contributed by atoms with Gasteiger partial charge in [-0.3, -0.25) is 4.79 Å². The Kier molecular flexibility index (Phi) is 46.4. The van der Waals surface area contributed by atoms with E-state index in [1.807, 2.05) is 0 Å². The van der Waals surface area contributed by atoms with Crippen LogP contribution in [-0.2, 0) is 4.79 Å². The third-order valence-electron chi connectivity index (χ3n) is 12.1. The summed E-state index contributed by atoms with van der Waals surface area (Å²) in [5.74, 6) is -0.601. The summed E-state index contributed by atoms with van der Waals surface area (Å²) >= 11 is 0. The van der Waals surface area contributed by atoms with Crippen molar-refractivity contribution in [2.75, 3.05) is 6.61 Å². The lowest BCUT2D eigenvalue weighted by molar-refractivity contribution is -0.132. The molecule has 0 aromatic rings. The fourth-order valence-electron chi connectivity index (χ4n) is 7.97. The molecule has 0 fully saturated rings. The molecule has 0 rings (SSSR count). The fourth-order valence-corrected chi connectivity index (χ4v) is 7.97. The van der Waals surface area contributed by atoms with E-state index >= 15 is 0 Å². The van der Waals surface area contributed by atoms with Crippen molar-refractivity contribution in [2.24, 2.45) is 0 Å². The van der Waals surface area contributed by atoms with Crippen LogP contribution in [0.1, 0.15) is 264 Å². The van der Waals surface area contributed by atoms with Gasteiger partial charge in [0, 0.05) is 0 Å². The number of hydrogen-bond acceptors (Lipinski definition) is 5. The Bertz CT molecular complexity index is 935. The third-order valence-corrected chi connectivity index (χ3v) is 12.1. The number of allylic oxidation sites excluding steroid dienone is 6. The maximum Gasteiger partial charge on any atom is 0.249 e. The van der Waals surface area contributed by atoms with Crippen LogP contribution in [0.15, 0.2) is 36.5 Å². The maximum absolute atomic E-state index is 12.5. The van der Waals surface area contributed by atoms with Crippen molar-refractivity contribution in [3.8, 4) is 0 Å². The van der Waals surface area contributed by atoms with Gasteiger partial charge in [-0.15, -0.1) is 0 Å². The molecule has 4 atom stereocenters. The second-order valence-electron chi connectivity index (χ2n) is 17.9. The Morgan fingerprint density at radius 1 is 0.424 bits per heavy atom. The maximum atomic E-state index is 12.5. The number of carbonyl (C=O) groups is 1. The summed E-state index contributed by atoms with van der Waals surface area (Å²) in [6.07, 6.45) is 57.7. The van der Waals surface area contributed by atoms with Crippen molar-refractivity contribution in [2.45, 2.75) is 289 Å². The minimum atomic E-state index is -1.29. The molecule has 5 N–H and O–H groups in total. The molecule has 348 valence electrons. The lowest BCUT2D eigenvalue weighted by Gasteiger charge is -2.27. The Hall–Kier alpha value is -1.47. The topological polar surface area (TPSA) is 110 Å². The zero-order valence-corrected chi connectivity index (χ0v) is 39.3. The van der Waals surface area contributed by atoms with Gasteiger partial charge in [-0.05, 0) is 70.6 Å². The molecule has 59 heavy (non-hydrogen) atoms. The summed E-state index contributed by atoms with van der Waals surface area (Å²) in [6.45, 7) is 4.03. The van der Waals surface area contributed by atoms with Crippen LogP contribution >= 0.6 is 0 Å². The predicted molar refractivity (Wildman–Crippen MR) is 256 cm³/mol. The molecule has 0 aromatic heterocycles. The normalized spacial score (nSPS) is 14.2. The van der Waals surface area contributed by atoms with Gasteiger partial charge in [0.15, 0.2) is 0 Å². The zero-order valence-electron chi connectivity index (χ0n) is 39.3. The second kappa shape index (κ2) is 47.6. The van der Waals surface area contributed by atoms with Crippen LogP contribution in [0.25, 0.3) is 0 Å². The molecular formula is C53H101NO5. The number of hydrogen-bond donors (Lipinski definition) is 5. The zero-order chi connectivity index (χ0) is 43.1. The molecule has 0 heterocycles. The molecule has 0 aromatic carbocycles. The van der Waals surface area contributed by atoms with Gasteiger partial charge in [0.2, 0.25) is 5.91 Å². The van der Waals surface area contributed by atoms with E-state index in [2.05, 4.69) is 55.6 Å². The van der Waals surface area contributed by atoms with Gasteiger partial charge < -0.3 is 25.7 Å². The van der Waals surface area contributed by atoms with Crippen molar-refractivity contribution in [3.63, 3.8) is 0 Å². The molecule has 6 nitrogen and oxygen atoms in total. The number of aliphatic hydroxyl groups is 4. The molecule has 0 aliphatic rings. The first-order valence-corrected chi connectivity index (χ1v) is 25.9. The van der Waals surface area contributed by atoms with E-state index in [4.69, 9.17) is 0 Å². The van der Waals surface area contributed by atoms with Gasteiger partial charge in [0.1, 0.15) is 12.2 Å². The van der Waals surface area contributed by atoms with Gasteiger partial charge in [0.05, 0.1) is 18.8 Å². The van der Waals surface area contributed by atoms with Crippen LogP contribution in [0, 0.1) is 0 Å². The molecular weight excluding hydrogens is 731 g/mol. The van der Waals surface area contributed by atoms with Crippen molar-refractivity contribution in [1.82, 2.24) is 5.32 Å². The van der Waals surface area contributed by atoms with E-state index < -0.39 is 36.9 Å². The summed E-state index contributed by atoms with van der Waals surface area (Å²) < 4.78 is 0. The van der Waals surface area contributed by atoms with Crippen molar-refractivity contribution < 1.29 is 25.2 Å². The van der Waals surface area contributed by atoms with Gasteiger partial charge >= 0.3 is 0 Å². The molecule has 0 saturated carbocycles. The monoisotopic (exact) mass is 832 g/mol. The number of unbranched alkanes of at least 4 members (excludes halogenated alkanes) is 32. The van der Waals surface area contributed by atoms with Crippen LogP contribution in [-0.4, -0.2) is 57.3 Å². The summed E-state index contributed by atoms with van der Waals surface area (Å²) in [6, 6.07) is -1.01. The highest BCUT2D eigenvalue weighted by atomic mass is 16.3. The van der Waals surface area contributed by atoms with Crippen LogP contribution in [0.4, 0.5) is 0 Å². The van der Waals surface area contributed by atoms with Crippen molar-refractivity contribution >= 4 is 5.91 Å². The Morgan fingerprint density at radius 2 is 0.746 bits per heavy atom. The lowest BCUT2D eigenvalue weighted by atomic mass is 10.00. The third kappa shape index (κ3) is 41.6. The van der Waals surface area contributed by atoms with Gasteiger partial charge in [-0.2, -0.15) is 0 Å². The number of nitrogens with one attached hydrogen (secondary N) is 1. The molecule has 0 aliphatic heterocycles. The van der Waals surface area contributed by atoms with E-state index in [0.717, 1.165) is 57.8 Å². The number of rotatable bonds is 47. The smallest absolute Gasteiger partial charge is 0.249 e. The molecule has 0 radical (unpaired) electrons. The van der Waals surface area contributed by atoms with Gasteiger partial charge in [0.25, 0.3) is 0 Å². The van der Waals surface area contributed by atoms with Crippen LogP contribution < -0.4 is 5.32 Å². The minimum absolute atomic E-state index is 0.350. The highest BCUT2D eigenvalue weighted by molar-refractivity contribution is 5.80. The Morgan fingerprint density at radius 3 is 1.15 bits per heavy atom. The predicted octanol–water partition coefficient (Wildman–Crippen LogP) is 14.5. The van der Waals surface area contributed by atoms with Gasteiger partial charge in [-0.1, -0.05) is 230 Å². The average Bonchev–Trinajstić information content (AvgIpc) is 3.24. The Balaban J connectivity index is 3.68. The summed E-state index contributed by atoms with van der Waals surface area (Å²) in [5, 5.41) is 43.8. The highest BCUT2D eigenvalue weighted by Crippen LogP contribution is 2.17. The van der Waals surface area contributed by atoms with E-state index in [9.17, 15) is 25.2 Å². The van der Waals surface area contributed by atoms with Crippen molar-refractivity contribution in [1.29, 1.82) is 0 Å². The molecule has 0 bridgehead atoms. The number of aliphatic hydroxyl groups excluding tert-OH is 4. The first-order chi connectivity index (χ1) is 29.0. The first kappa shape index (κ1) is 57.5. The van der Waals surface area contributed by atoms with E-state index in [-0.39, 0.29) is 0 Å². The molecule has 0 aliphatic carbocycles. The Labute approximate surface area is 367 Å². The molecule has 0 spiro atoms. The number of amides is 1. The summed E-state index contributed by atoms with van der Waals surface area (Å²) in [4.78, 5) is 12.5. The largest absolute Gasteiger partial charge is 0.394 e. The van der Waals surface area contributed by atoms with E-state index in [1.54, 1.807) is 0 Å². The van der Waals surface area contributed by atoms with E-state index in [1.165, 1.54) is 180 Å². The van der Waals surface area contributed by atoms with Crippen LogP contribution in [0.3, 0.4) is 0 Å². The second-order valence-corrected chi connectivity index (χ2v) is 17.9. The van der Waals surface area contributed by atoms with Crippen LogP contribution in [0.5, 0.6) is 0 Å². The molecule has 0 saturated heterocycles. The SMILES string of the molecule is CCCCC/C=C\C/C=C\CCCCCCCCC(O)C(=O)NC(CO)C(O)C(O)CCC/C=C/CCCCCCCCCCCCCCCCCCCCCCCC. The quantitative estimate of drug-likeness (QED) is 0.0310. The lowest BCUT2D eigenvalue weighted by Crippen LogP contribution is -2.53. The van der Waals surface area contributed by atoms with Gasteiger partial charge in [-0.25, -0.2) is 0 Å². The average molecular weight is 832 g/mol. The molecule has 1 amide bonds.